The standard InChI is InChI=1S/C7H7NO3S/c9-6(3-7(10)11)8-5-1-2-12-4-5/h1-2,4H,3H2,(H,8,9)(H,10,11). The highest BCUT2D eigenvalue weighted by Crippen LogP contribution is 2.11. The van der Waals surface area contributed by atoms with Crippen molar-refractivity contribution in [1.82, 2.24) is 0 Å². The summed E-state index contributed by atoms with van der Waals surface area (Å²) < 4.78 is 0. The zero-order valence-corrected chi connectivity index (χ0v) is 6.93. The molecule has 0 aliphatic carbocycles. The Morgan fingerprint density at radius 3 is 2.83 bits per heavy atom. The molecule has 0 radical (unpaired) electrons. The molecule has 4 nitrogen and oxygen atoms in total. The van der Waals surface area contributed by atoms with E-state index in [1.807, 2.05) is 0 Å². The average molecular weight is 185 g/mol. The summed E-state index contributed by atoms with van der Waals surface area (Å²) in [5, 5.41) is 14.2. The van der Waals surface area contributed by atoms with Crippen LogP contribution in [0.3, 0.4) is 0 Å². The molecule has 1 amide bonds. The number of anilines is 1. The minimum absolute atomic E-state index is 0.490. The number of amides is 1. The number of hydrogen-bond acceptors (Lipinski definition) is 3. The molecule has 12 heavy (non-hydrogen) atoms. The van der Waals surface area contributed by atoms with Gasteiger partial charge in [-0.05, 0) is 11.4 Å². The van der Waals surface area contributed by atoms with Crippen LogP contribution >= 0.6 is 11.3 Å². The van der Waals surface area contributed by atoms with Crippen LogP contribution in [0.5, 0.6) is 0 Å². The molecule has 0 saturated carbocycles. The van der Waals surface area contributed by atoms with E-state index in [4.69, 9.17) is 5.11 Å². The maximum absolute atomic E-state index is 10.8. The molecule has 0 bridgehead atoms. The Kier molecular flexibility index (Phi) is 2.82. The lowest BCUT2D eigenvalue weighted by molar-refractivity contribution is -0.139. The van der Waals surface area contributed by atoms with Gasteiger partial charge < -0.3 is 10.4 Å². The normalized spacial score (nSPS) is 9.33. The predicted molar refractivity (Wildman–Crippen MR) is 45.2 cm³/mol. The van der Waals surface area contributed by atoms with E-state index in [0.29, 0.717) is 5.69 Å². The highest BCUT2D eigenvalue weighted by molar-refractivity contribution is 7.08. The lowest BCUT2D eigenvalue weighted by Crippen LogP contribution is -2.15. The first kappa shape index (κ1) is 8.73. The fourth-order valence-electron chi connectivity index (χ4n) is 0.678. The summed E-state index contributed by atoms with van der Waals surface area (Å²) in [6.45, 7) is 0. The molecule has 5 heteroatoms. The molecular formula is C7H7NO3S. The summed E-state index contributed by atoms with van der Waals surface area (Å²) in [4.78, 5) is 20.9. The molecule has 0 fully saturated rings. The highest BCUT2D eigenvalue weighted by Gasteiger charge is 2.06. The second-order valence-electron chi connectivity index (χ2n) is 2.13. The van der Waals surface area contributed by atoms with Gasteiger partial charge in [0.25, 0.3) is 0 Å². The van der Waals surface area contributed by atoms with Gasteiger partial charge in [0.15, 0.2) is 0 Å². The van der Waals surface area contributed by atoms with Crippen molar-refractivity contribution in [3.63, 3.8) is 0 Å². The molecule has 0 saturated heterocycles. The molecule has 0 spiro atoms. The molecule has 1 aromatic rings. The third-order valence-electron chi connectivity index (χ3n) is 1.12. The van der Waals surface area contributed by atoms with Crippen molar-refractivity contribution < 1.29 is 14.7 Å². The molecule has 1 heterocycles. The van der Waals surface area contributed by atoms with E-state index in [1.54, 1.807) is 16.8 Å². The number of nitrogens with one attached hydrogen (secondary N) is 1. The van der Waals surface area contributed by atoms with E-state index in [-0.39, 0.29) is 0 Å². The predicted octanol–water partition coefficient (Wildman–Crippen LogP) is 1.16. The number of carboxylic acids is 1. The molecule has 0 atom stereocenters. The third-order valence-corrected chi connectivity index (χ3v) is 1.80. The number of carboxylic acid groups (broad SMARTS) is 1. The zero-order valence-electron chi connectivity index (χ0n) is 6.11. The van der Waals surface area contributed by atoms with Crippen LogP contribution in [0.25, 0.3) is 0 Å². The quantitative estimate of drug-likeness (QED) is 0.694. The summed E-state index contributed by atoms with van der Waals surface area (Å²) in [7, 11) is 0. The van der Waals surface area contributed by atoms with E-state index in [1.165, 1.54) is 11.3 Å². The largest absolute Gasteiger partial charge is 0.481 e. The number of aliphatic carboxylic acids is 1. The minimum atomic E-state index is -1.12. The second kappa shape index (κ2) is 3.87. The Bertz CT molecular complexity index is 281. The van der Waals surface area contributed by atoms with Gasteiger partial charge in [-0.1, -0.05) is 0 Å². The minimum Gasteiger partial charge on any atom is -0.481 e. The zero-order chi connectivity index (χ0) is 8.97. The van der Waals surface area contributed by atoms with Gasteiger partial charge in [-0.2, -0.15) is 11.3 Å². The smallest absolute Gasteiger partial charge is 0.312 e. The molecule has 0 unspecified atom stereocenters. The van der Waals surface area contributed by atoms with Gasteiger partial charge in [0.1, 0.15) is 6.42 Å². The molecule has 2 N–H and O–H groups in total. The monoisotopic (exact) mass is 185 g/mol. The molecule has 0 aliphatic heterocycles. The van der Waals surface area contributed by atoms with Crippen molar-refractivity contribution in [3.05, 3.63) is 16.8 Å². The molecule has 1 aromatic heterocycles. The number of rotatable bonds is 3. The van der Waals surface area contributed by atoms with Gasteiger partial charge in [0, 0.05) is 5.38 Å². The van der Waals surface area contributed by atoms with Gasteiger partial charge in [0.05, 0.1) is 5.69 Å². The van der Waals surface area contributed by atoms with E-state index >= 15 is 0 Å². The second-order valence-corrected chi connectivity index (χ2v) is 2.91. The summed E-state index contributed by atoms with van der Waals surface area (Å²) in [5.41, 5.74) is 0.645. The van der Waals surface area contributed by atoms with E-state index in [2.05, 4.69) is 5.32 Å². The first-order valence-electron chi connectivity index (χ1n) is 3.22. The van der Waals surface area contributed by atoms with Gasteiger partial charge >= 0.3 is 5.97 Å². The maximum atomic E-state index is 10.8. The number of thiophene rings is 1. The van der Waals surface area contributed by atoms with Crippen LogP contribution in [-0.4, -0.2) is 17.0 Å². The van der Waals surface area contributed by atoms with Crippen molar-refractivity contribution in [2.75, 3.05) is 5.32 Å². The summed E-state index contributed by atoms with van der Waals surface area (Å²) in [5.74, 6) is -1.62. The van der Waals surface area contributed by atoms with Crippen LogP contribution in [0.4, 0.5) is 5.69 Å². The fourth-order valence-corrected chi connectivity index (χ4v) is 1.27. The first-order valence-corrected chi connectivity index (χ1v) is 4.16. The summed E-state index contributed by atoms with van der Waals surface area (Å²) >= 11 is 1.44. The van der Waals surface area contributed by atoms with Crippen LogP contribution in [0, 0.1) is 0 Å². The van der Waals surface area contributed by atoms with Crippen LogP contribution in [-0.2, 0) is 9.59 Å². The van der Waals surface area contributed by atoms with Gasteiger partial charge in [-0.3, -0.25) is 9.59 Å². The molecule has 64 valence electrons. The van der Waals surface area contributed by atoms with Crippen LogP contribution in [0.15, 0.2) is 16.8 Å². The third kappa shape index (κ3) is 2.71. The highest BCUT2D eigenvalue weighted by atomic mass is 32.1. The Balaban J connectivity index is 2.42. The molecule has 0 aliphatic rings. The van der Waals surface area contributed by atoms with Crippen molar-refractivity contribution in [1.29, 1.82) is 0 Å². The van der Waals surface area contributed by atoms with E-state index in [9.17, 15) is 9.59 Å². The van der Waals surface area contributed by atoms with Crippen LogP contribution in [0.1, 0.15) is 6.42 Å². The summed E-state index contributed by atoms with van der Waals surface area (Å²) in [6.07, 6.45) is -0.490. The molecular weight excluding hydrogens is 178 g/mol. The topological polar surface area (TPSA) is 66.4 Å². The van der Waals surface area contributed by atoms with Crippen molar-refractivity contribution in [2.24, 2.45) is 0 Å². The molecule has 1 rings (SSSR count). The Labute approximate surface area is 72.8 Å². The number of hydrogen-bond donors (Lipinski definition) is 2. The SMILES string of the molecule is O=C(O)CC(=O)Nc1ccsc1. The van der Waals surface area contributed by atoms with E-state index < -0.39 is 18.3 Å². The van der Waals surface area contributed by atoms with E-state index in [0.717, 1.165) is 0 Å². The van der Waals surface area contributed by atoms with Gasteiger partial charge in [-0.25, -0.2) is 0 Å². The Morgan fingerprint density at radius 1 is 1.58 bits per heavy atom. The van der Waals surface area contributed by atoms with Crippen molar-refractivity contribution in [2.45, 2.75) is 6.42 Å². The number of carbonyl (C=O) groups is 2. The maximum Gasteiger partial charge on any atom is 0.312 e. The van der Waals surface area contributed by atoms with Gasteiger partial charge in [0.2, 0.25) is 5.91 Å². The van der Waals surface area contributed by atoms with Crippen molar-refractivity contribution >= 4 is 28.9 Å². The van der Waals surface area contributed by atoms with Crippen LogP contribution in [0.2, 0.25) is 0 Å². The Hall–Kier alpha value is -1.36. The molecule has 0 aromatic carbocycles. The lowest BCUT2D eigenvalue weighted by atomic mass is 10.4. The number of carbonyl (C=O) groups excluding carboxylic acids is 1. The average Bonchev–Trinajstić information content (AvgIpc) is 2.37. The lowest BCUT2D eigenvalue weighted by Gasteiger charge is -1.97. The van der Waals surface area contributed by atoms with Crippen molar-refractivity contribution in [3.8, 4) is 0 Å². The van der Waals surface area contributed by atoms with Crippen LogP contribution < -0.4 is 5.32 Å². The van der Waals surface area contributed by atoms with Gasteiger partial charge in [-0.15, -0.1) is 0 Å². The first-order chi connectivity index (χ1) is 5.68. The fraction of sp³-hybridized carbons (Fsp3) is 0.143. The summed E-state index contributed by atoms with van der Waals surface area (Å²) in [6, 6.07) is 1.71. The Morgan fingerprint density at radius 2 is 2.33 bits per heavy atom.